The smallest absolute Gasteiger partial charge is 0.122 e. The van der Waals surface area contributed by atoms with Crippen LogP contribution >= 0.6 is 0 Å². The minimum atomic E-state index is 0.268. The number of aryl methyl sites for hydroxylation is 2. The molecule has 0 aliphatic rings. The van der Waals surface area contributed by atoms with Crippen molar-refractivity contribution in [3.8, 4) is 23.7 Å². The van der Waals surface area contributed by atoms with Gasteiger partial charge in [0.1, 0.15) is 5.75 Å². The molecule has 0 N–H and O–H groups in total. The monoisotopic (exact) mass is 199 g/mol. The zero-order valence-corrected chi connectivity index (χ0v) is 9.22. The third-order valence-electron chi connectivity index (χ3n) is 2.13. The zero-order valence-electron chi connectivity index (χ0n) is 9.22. The van der Waals surface area contributed by atoms with E-state index < -0.39 is 0 Å². The first-order chi connectivity index (χ1) is 7.19. The van der Waals surface area contributed by atoms with Crippen LogP contribution in [0.4, 0.5) is 0 Å². The van der Waals surface area contributed by atoms with Gasteiger partial charge in [0.25, 0.3) is 0 Å². The summed E-state index contributed by atoms with van der Waals surface area (Å²) >= 11 is 0. The molecule has 1 aromatic rings. The predicted octanol–water partition coefficient (Wildman–Crippen LogP) is 2.58. The molecule has 0 bridgehead atoms. The molecule has 0 unspecified atom stereocenters. The molecule has 0 aliphatic heterocycles. The molecule has 2 nitrogen and oxygen atoms in total. The summed E-state index contributed by atoms with van der Waals surface area (Å²) in [6.45, 7) is 3.96. The van der Waals surface area contributed by atoms with E-state index in [9.17, 15) is 0 Å². The molecule has 1 aromatic carbocycles. The van der Waals surface area contributed by atoms with Crippen LogP contribution in [0.2, 0.25) is 0 Å². The van der Waals surface area contributed by atoms with Gasteiger partial charge in [-0.15, -0.1) is 0 Å². The molecule has 0 radical (unpaired) electrons. The fourth-order valence-electron chi connectivity index (χ4n) is 1.32. The summed E-state index contributed by atoms with van der Waals surface area (Å²) in [7, 11) is 1.66. The van der Waals surface area contributed by atoms with E-state index in [2.05, 4.69) is 11.8 Å². The highest BCUT2D eigenvalue weighted by atomic mass is 16.5. The Morgan fingerprint density at radius 1 is 1.27 bits per heavy atom. The Balaban J connectivity index is 3.08. The van der Waals surface area contributed by atoms with Crippen molar-refractivity contribution < 1.29 is 4.74 Å². The molecule has 0 aliphatic carbocycles. The van der Waals surface area contributed by atoms with Crippen LogP contribution in [-0.4, -0.2) is 7.11 Å². The van der Waals surface area contributed by atoms with Crippen molar-refractivity contribution in [1.29, 1.82) is 5.26 Å². The van der Waals surface area contributed by atoms with Gasteiger partial charge in [0, 0.05) is 5.56 Å². The van der Waals surface area contributed by atoms with Crippen LogP contribution < -0.4 is 4.74 Å². The van der Waals surface area contributed by atoms with Gasteiger partial charge in [-0.3, -0.25) is 0 Å². The average molecular weight is 199 g/mol. The van der Waals surface area contributed by atoms with Crippen LogP contribution in [0.3, 0.4) is 0 Å². The molecule has 0 amide bonds. The molecule has 0 saturated carbocycles. The Morgan fingerprint density at radius 3 is 2.60 bits per heavy atom. The van der Waals surface area contributed by atoms with Crippen molar-refractivity contribution in [2.24, 2.45) is 0 Å². The molecule has 15 heavy (non-hydrogen) atoms. The van der Waals surface area contributed by atoms with Gasteiger partial charge in [0.2, 0.25) is 0 Å². The zero-order chi connectivity index (χ0) is 11.3. The average Bonchev–Trinajstić information content (AvgIpc) is 2.23. The summed E-state index contributed by atoms with van der Waals surface area (Å²) in [6.07, 6.45) is 0.268. The van der Waals surface area contributed by atoms with E-state index in [4.69, 9.17) is 10.00 Å². The van der Waals surface area contributed by atoms with Crippen LogP contribution in [0.1, 0.15) is 23.1 Å². The second-order valence-corrected chi connectivity index (χ2v) is 3.27. The van der Waals surface area contributed by atoms with Gasteiger partial charge in [0.15, 0.2) is 0 Å². The lowest BCUT2D eigenvalue weighted by atomic mass is 10.0. The van der Waals surface area contributed by atoms with E-state index in [-0.39, 0.29) is 6.42 Å². The standard InChI is InChI=1S/C13H13NO/c1-10-9-13(15-3)11(2)8-12(10)6-4-5-7-14/h8-9H,5H2,1-3H3. The summed E-state index contributed by atoms with van der Waals surface area (Å²) in [6, 6.07) is 5.94. The Bertz CT molecular complexity index is 458. The molecule has 0 atom stereocenters. The number of hydrogen-bond acceptors (Lipinski definition) is 2. The normalized spacial score (nSPS) is 8.67. The number of ether oxygens (including phenoxy) is 1. The topological polar surface area (TPSA) is 33.0 Å². The molecule has 0 saturated heterocycles. The van der Waals surface area contributed by atoms with E-state index in [1.807, 2.05) is 32.0 Å². The highest BCUT2D eigenvalue weighted by molar-refractivity contribution is 5.49. The van der Waals surface area contributed by atoms with Crippen LogP contribution in [0.5, 0.6) is 5.75 Å². The Labute approximate surface area is 90.5 Å². The Hall–Kier alpha value is -1.93. The van der Waals surface area contributed by atoms with Crippen LogP contribution in [0.15, 0.2) is 12.1 Å². The van der Waals surface area contributed by atoms with Gasteiger partial charge < -0.3 is 4.74 Å². The molecule has 0 aromatic heterocycles. The third-order valence-corrected chi connectivity index (χ3v) is 2.13. The molecular weight excluding hydrogens is 186 g/mol. The van der Waals surface area contributed by atoms with E-state index in [1.165, 1.54) is 0 Å². The SMILES string of the molecule is COc1cc(C)c(C#CCC#N)cc1C. The first-order valence-electron chi connectivity index (χ1n) is 4.70. The lowest BCUT2D eigenvalue weighted by Crippen LogP contribution is -1.91. The Morgan fingerprint density at radius 2 is 2.00 bits per heavy atom. The number of nitrogens with zero attached hydrogens (tertiary/aromatic N) is 1. The summed E-state index contributed by atoms with van der Waals surface area (Å²) < 4.78 is 5.21. The minimum absolute atomic E-state index is 0.268. The van der Waals surface area contributed by atoms with Crippen LogP contribution in [0.25, 0.3) is 0 Å². The van der Waals surface area contributed by atoms with Crippen LogP contribution in [0, 0.1) is 37.0 Å². The molecule has 0 spiro atoms. The summed E-state index contributed by atoms with van der Waals surface area (Å²) in [4.78, 5) is 0. The summed E-state index contributed by atoms with van der Waals surface area (Å²) in [5.74, 6) is 6.66. The predicted molar refractivity (Wildman–Crippen MR) is 59.6 cm³/mol. The van der Waals surface area contributed by atoms with Crippen molar-refractivity contribution in [2.45, 2.75) is 20.3 Å². The maximum Gasteiger partial charge on any atom is 0.122 e. The maximum absolute atomic E-state index is 8.38. The van der Waals surface area contributed by atoms with Gasteiger partial charge in [-0.1, -0.05) is 11.8 Å². The quantitative estimate of drug-likeness (QED) is 0.651. The lowest BCUT2D eigenvalue weighted by Gasteiger charge is -2.07. The van der Waals surface area contributed by atoms with Crippen molar-refractivity contribution in [2.75, 3.05) is 7.11 Å². The van der Waals surface area contributed by atoms with Crippen molar-refractivity contribution in [3.05, 3.63) is 28.8 Å². The first-order valence-corrected chi connectivity index (χ1v) is 4.70. The summed E-state index contributed by atoms with van der Waals surface area (Å²) in [5.41, 5.74) is 3.09. The molecule has 0 fully saturated rings. The molecule has 0 heterocycles. The first kappa shape index (κ1) is 11.1. The van der Waals surface area contributed by atoms with Gasteiger partial charge in [-0.2, -0.15) is 5.26 Å². The lowest BCUT2D eigenvalue weighted by molar-refractivity contribution is 0.411. The second-order valence-electron chi connectivity index (χ2n) is 3.27. The maximum atomic E-state index is 8.38. The second kappa shape index (κ2) is 5.08. The van der Waals surface area contributed by atoms with E-state index in [0.717, 1.165) is 22.4 Å². The molecule has 2 heteroatoms. The summed E-state index contributed by atoms with van der Waals surface area (Å²) in [5, 5.41) is 8.38. The van der Waals surface area contributed by atoms with Gasteiger partial charge in [0.05, 0.1) is 19.6 Å². The van der Waals surface area contributed by atoms with Crippen molar-refractivity contribution in [3.63, 3.8) is 0 Å². The molecular formula is C13H13NO. The van der Waals surface area contributed by atoms with Crippen molar-refractivity contribution >= 4 is 0 Å². The molecule has 1 rings (SSSR count). The fourth-order valence-corrected chi connectivity index (χ4v) is 1.32. The Kier molecular flexibility index (Phi) is 3.77. The van der Waals surface area contributed by atoms with Gasteiger partial charge in [-0.25, -0.2) is 0 Å². The fraction of sp³-hybridized carbons (Fsp3) is 0.308. The number of benzene rings is 1. The van der Waals surface area contributed by atoms with E-state index in [1.54, 1.807) is 7.11 Å². The van der Waals surface area contributed by atoms with Gasteiger partial charge in [-0.05, 0) is 37.1 Å². The number of hydrogen-bond donors (Lipinski definition) is 0. The number of nitriles is 1. The van der Waals surface area contributed by atoms with E-state index in [0.29, 0.717) is 0 Å². The molecule has 76 valence electrons. The highest BCUT2D eigenvalue weighted by Crippen LogP contribution is 2.21. The number of rotatable bonds is 1. The highest BCUT2D eigenvalue weighted by Gasteiger charge is 2.02. The van der Waals surface area contributed by atoms with Crippen molar-refractivity contribution in [1.82, 2.24) is 0 Å². The largest absolute Gasteiger partial charge is 0.496 e. The van der Waals surface area contributed by atoms with Crippen LogP contribution in [-0.2, 0) is 0 Å². The number of methoxy groups -OCH3 is 1. The third kappa shape index (κ3) is 2.76. The van der Waals surface area contributed by atoms with E-state index >= 15 is 0 Å². The minimum Gasteiger partial charge on any atom is -0.496 e. The van der Waals surface area contributed by atoms with Gasteiger partial charge >= 0.3 is 0 Å².